The molecule has 0 spiro atoms. The lowest BCUT2D eigenvalue weighted by molar-refractivity contribution is -0.743. The first kappa shape index (κ1) is 11.4. The van der Waals surface area contributed by atoms with Gasteiger partial charge in [0.2, 0.25) is 0 Å². The van der Waals surface area contributed by atoms with Crippen LogP contribution in [0.3, 0.4) is 0 Å². The van der Waals surface area contributed by atoms with Crippen LogP contribution in [0, 0.1) is 6.92 Å². The number of hydrogen-bond donors (Lipinski definition) is 0. The molecular weight excluding hydrogens is 216 g/mol. The predicted octanol–water partition coefficient (Wildman–Crippen LogP) is 1.81. The van der Waals surface area contributed by atoms with Gasteiger partial charge in [0.15, 0.2) is 13.2 Å². The molecule has 0 fully saturated rings. The Bertz CT molecular complexity index is 517. The first-order valence-electron chi connectivity index (χ1n) is 5.43. The number of carbonyl (C=O) groups is 1. The highest BCUT2D eigenvalue weighted by molar-refractivity contribution is 5.68. The minimum absolute atomic E-state index is 0.289. The van der Waals surface area contributed by atoms with Crippen LogP contribution in [-0.2, 0) is 18.4 Å². The average molecular weight is 231 g/mol. The second kappa shape index (κ2) is 4.82. The maximum atomic E-state index is 11.8. The van der Waals surface area contributed by atoms with Crippen LogP contribution < -0.4 is 4.68 Å². The van der Waals surface area contributed by atoms with Crippen molar-refractivity contribution in [3.8, 4) is 0 Å². The van der Waals surface area contributed by atoms with Gasteiger partial charge in [-0.1, -0.05) is 35.0 Å². The SMILES string of the molecule is Cc1cn(C(=O)OCc2ccccc2)[n+](C)c1. The van der Waals surface area contributed by atoms with Gasteiger partial charge >= 0.3 is 6.09 Å². The number of ether oxygens (including phenoxy) is 1. The summed E-state index contributed by atoms with van der Waals surface area (Å²) in [6.07, 6.45) is 3.24. The third kappa shape index (κ3) is 2.72. The Morgan fingerprint density at radius 2 is 2.06 bits per heavy atom. The molecule has 2 rings (SSSR count). The van der Waals surface area contributed by atoms with Gasteiger partial charge in [-0.3, -0.25) is 0 Å². The second-order valence-corrected chi connectivity index (χ2v) is 3.96. The van der Waals surface area contributed by atoms with Crippen LogP contribution >= 0.6 is 0 Å². The van der Waals surface area contributed by atoms with Gasteiger partial charge in [0, 0.05) is 5.56 Å². The number of carbonyl (C=O) groups excluding carboxylic acids is 1. The summed E-state index contributed by atoms with van der Waals surface area (Å²) >= 11 is 0. The summed E-state index contributed by atoms with van der Waals surface area (Å²) in [4.78, 5) is 11.8. The highest BCUT2D eigenvalue weighted by Gasteiger charge is 2.15. The summed E-state index contributed by atoms with van der Waals surface area (Å²) in [6.45, 7) is 2.22. The van der Waals surface area contributed by atoms with E-state index in [1.807, 2.05) is 43.5 Å². The molecule has 0 unspecified atom stereocenters. The maximum absolute atomic E-state index is 11.8. The molecule has 0 aliphatic heterocycles. The Balaban J connectivity index is 2.01. The molecule has 0 aliphatic carbocycles. The third-order valence-corrected chi connectivity index (χ3v) is 2.45. The Morgan fingerprint density at radius 3 is 2.65 bits per heavy atom. The Morgan fingerprint density at radius 1 is 1.35 bits per heavy atom. The molecule has 0 N–H and O–H groups in total. The topological polar surface area (TPSA) is 35.1 Å². The van der Waals surface area contributed by atoms with Crippen LogP contribution in [0.4, 0.5) is 4.79 Å². The average Bonchev–Trinajstić information content (AvgIpc) is 2.67. The van der Waals surface area contributed by atoms with Gasteiger partial charge < -0.3 is 4.74 Å². The highest BCUT2D eigenvalue weighted by Crippen LogP contribution is 2.02. The van der Waals surface area contributed by atoms with Gasteiger partial charge in [0.05, 0.1) is 6.20 Å². The summed E-state index contributed by atoms with van der Waals surface area (Å²) in [5.74, 6) is 0. The molecule has 4 heteroatoms. The van der Waals surface area contributed by atoms with Crippen LogP contribution in [0.2, 0.25) is 0 Å². The molecule has 2 aromatic rings. The van der Waals surface area contributed by atoms with E-state index in [9.17, 15) is 4.79 Å². The number of benzene rings is 1. The van der Waals surface area contributed by atoms with Crippen LogP contribution in [0.25, 0.3) is 0 Å². The van der Waals surface area contributed by atoms with Crippen molar-refractivity contribution < 1.29 is 14.2 Å². The molecule has 0 bridgehead atoms. The minimum atomic E-state index is -0.371. The van der Waals surface area contributed by atoms with Crippen molar-refractivity contribution in [1.29, 1.82) is 0 Å². The van der Waals surface area contributed by atoms with Crippen molar-refractivity contribution in [2.45, 2.75) is 13.5 Å². The Labute approximate surface area is 100 Å². The van der Waals surface area contributed by atoms with Crippen LogP contribution in [0.1, 0.15) is 11.1 Å². The smallest absolute Gasteiger partial charge is 0.441 e. The van der Waals surface area contributed by atoms with E-state index >= 15 is 0 Å². The lowest BCUT2D eigenvalue weighted by atomic mass is 10.2. The zero-order valence-electron chi connectivity index (χ0n) is 9.96. The van der Waals surface area contributed by atoms with E-state index in [0.29, 0.717) is 0 Å². The van der Waals surface area contributed by atoms with Gasteiger partial charge in [-0.05, 0) is 12.5 Å². The molecule has 17 heavy (non-hydrogen) atoms. The Hall–Kier alpha value is -2.10. The van der Waals surface area contributed by atoms with Crippen molar-refractivity contribution in [2.75, 3.05) is 0 Å². The molecule has 0 saturated carbocycles. The van der Waals surface area contributed by atoms with Crippen molar-refractivity contribution >= 4 is 6.09 Å². The predicted molar refractivity (Wildman–Crippen MR) is 62.4 cm³/mol. The van der Waals surface area contributed by atoms with Crippen molar-refractivity contribution in [2.24, 2.45) is 7.05 Å². The molecule has 1 heterocycles. The molecule has 0 radical (unpaired) electrons. The summed E-state index contributed by atoms with van der Waals surface area (Å²) < 4.78 is 8.35. The maximum Gasteiger partial charge on any atom is 0.468 e. The van der Waals surface area contributed by atoms with Gasteiger partial charge in [-0.2, -0.15) is 0 Å². The van der Waals surface area contributed by atoms with E-state index in [-0.39, 0.29) is 12.7 Å². The largest absolute Gasteiger partial charge is 0.468 e. The van der Waals surface area contributed by atoms with Gasteiger partial charge in [0.1, 0.15) is 6.61 Å². The van der Waals surface area contributed by atoms with Gasteiger partial charge in [-0.25, -0.2) is 4.79 Å². The fraction of sp³-hybridized carbons (Fsp3) is 0.231. The summed E-state index contributed by atoms with van der Waals surface area (Å²) in [6, 6.07) is 9.62. The summed E-state index contributed by atoms with van der Waals surface area (Å²) in [5, 5.41) is 0. The molecule has 0 aliphatic rings. The molecular formula is C13H15N2O2+. The van der Waals surface area contributed by atoms with Crippen LogP contribution in [-0.4, -0.2) is 10.8 Å². The number of nitrogens with zero attached hydrogens (tertiary/aromatic N) is 2. The standard InChI is InChI=1S/C13H15N2O2/c1-11-8-14(2)15(9-11)13(16)17-10-12-6-4-3-5-7-12/h3-9H,10H2,1-2H3/q+1. The molecule has 1 aromatic heterocycles. The molecule has 88 valence electrons. The van der Waals surface area contributed by atoms with E-state index < -0.39 is 0 Å². The van der Waals surface area contributed by atoms with Gasteiger partial charge in [-0.15, -0.1) is 4.68 Å². The molecule has 0 atom stereocenters. The monoisotopic (exact) mass is 231 g/mol. The summed E-state index contributed by atoms with van der Waals surface area (Å²) in [7, 11) is 1.80. The van der Waals surface area contributed by atoms with Crippen LogP contribution in [0.5, 0.6) is 0 Å². The van der Waals surface area contributed by atoms with Crippen LogP contribution in [0.15, 0.2) is 42.7 Å². The van der Waals surface area contributed by atoms with E-state index in [1.165, 1.54) is 4.68 Å². The highest BCUT2D eigenvalue weighted by atomic mass is 16.6. The second-order valence-electron chi connectivity index (χ2n) is 3.96. The fourth-order valence-electron chi connectivity index (χ4n) is 1.64. The molecule has 0 amide bonds. The van der Waals surface area contributed by atoms with Crippen molar-refractivity contribution in [1.82, 2.24) is 4.68 Å². The van der Waals surface area contributed by atoms with E-state index in [0.717, 1.165) is 11.1 Å². The normalized spacial score (nSPS) is 10.2. The van der Waals surface area contributed by atoms with E-state index in [1.54, 1.807) is 17.9 Å². The van der Waals surface area contributed by atoms with Crippen molar-refractivity contribution in [3.63, 3.8) is 0 Å². The molecule has 1 aromatic carbocycles. The molecule has 4 nitrogen and oxygen atoms in total. The van der Waals surface area contributed by atoms with E-state index in [2.05, 4.69) is 0 Å². The fourth-order valence-corrected chi connectivity index (χ4v) is 1.64. The van der Waals surface area contributed by atoms with Gasteiger partial charge in [0.25, 0.3) is 0 Å². The lowest BCUT2D eigenvalue weighted by Crippen LogP contribution is -2.41. The zero-order chi connectivity index (χ0) is 12.3. The number of aryl methyl sites for hydroxylation is 2. The lowest BCUT2D eigenvalue weighted by Gasteiger charge is -2.03. The third-order valence-electron chi connectivity index (χ3n) is 2.45. The molecule has 0 saturated heterocycles. The quantitative estimate of drug-likeness (QED) is 0.739. The minimum Gasteiger partial charge on any atom is -0.441 e. The number of aromatic nitrogens is 2. The summed E-state index contributed by atoms with van der Waals surface area (Å²) in [5.41, 5.74) is 2.00. The number of hydrogen-bond acceptors (Lipinski definition) is 2. The first-order valence-corrected chi connectivity index (χ1v) is 5.43. The zero-order valence-corrected chi connectivity index (χ0v) is 9.96. The van der Waals surface area contributed by atoms with E-state index in [4.69, 9.17) is 4.74 Å². The first-order chi connectivity index (χ1) is 8.16. The Kier molecular flexibility index (Phi) is 3.23. The van der Waals surface area contributed by atoms with Crippen molar-refractivity contribution in [3.05, 3.63) is 53.9 Å². The number of rotatable bonds is 2.